The van der Waals surface area contributed by atoms with Crippen LogP contribution in [-0.4, -0.2) is 23.4 Å². The van der Waals surface area contributed by atoms with Crippen molar-refractivity contribution in [3.05, 3.63) is 48.2 Å². The molecule has 4 nitrogen and oxygen atoms in total. The van der Waals surface area contributed by atoms with E-state index >= 15 is 0 Å². The van der Waals surface area contributed by atoms with Crippen molar-refractivity contribution in [2.24, 2.45) is 0 Å². The largest absolute Gasteiger partial charge is 0.508 e. The van der Waals surface area contributed by atoms with Gasteiger partial charge in [0.05, 0.1) is 11.0 Å². The summed E-state index contributed by atoms with van der Waals surface area (Å²) in [5, 5.41) is 10.4. The maximum absolute atomic E-state index is 12.0. The van der Waals surface area contributed by atoms with Crippen molar-refractivity contribution in [3.63, 3.8) is 0 Å². The minimum absolute atomic E-state index is 0.123. The number of rotatable bonds is 5. The number of esters is 1. The average Bonchev–Trinajstić information content (AvgIpc) is 2.90. The van der Waals surface area contributed by atoms with Crippen LogP contribution in [0.3, 0.4) is 0 Å². The maximum atomic E-state index is 12.0. The fourth-order valence-corrected chi connectivity index (χ4v) is 3.46. The van der Waals surface area contributed by atoms with Gasteiger partial charge in [0.2, 0.25) is 0 Å². The molecule has 5 heteroatoms. The molecule has 0 aliphatic carbocycles. The van der Waals surface area contributed by atoms with Gasteiger partial charge < -0.3 is 14.3 Å². The number of carbonyl (C=O) groups excluding carboxylic acids is 1. The number of fused-ring (bicyclic) bond motifs is 1. The van der Waals surface area contributed by atoms with Crippen molar-refractivity contribution in [2.45, 2.75) is 31.3 Å². The SMILES string of the molecule is CSc1c(CC(=O)OC(C)C)oc2ccc(-c3ccc(O)cc3)cc12. The molecule has 1 N–H and O–H groups in total. The standard InChI is InChI=1S/C20H20O4S/c1-12(2)23-19(22)11-18-20(25-3)16-10-14(6-9-17(16)24-18)13-4-7-15(21)8-5-13/h4-10,12,21H,11H2,1-3H3. The lowest BCUT2D eigenvalue weighted by Gasteiger charge is -2.07. The van der Waals surface area contributed by atoms with E-state index in [4.69, 9.17) is 9.15 Å². The van der Waals surface area contributed by atoms with Crippen LogP contribution in [-0.2, 0) is 16.0 Å². The minimum Gasteiger partial charge on any atom is -0.508 e. The Morgan fingerprint density at radius 3 is 2.48 bits per heavy atom. The van der Waals surface area contributed by atoms with E-state index in [1.165, 1.54) is 0 Å². The number of hydrogen-bond acceptors (Lipinski definition) is 5. The fraction of sp³-hybridized carbons (Fsp3) is 0.250. The lowest BCUT2D eigenvalue weighted by Crippen LogP contribution is -2.13. The zero-order valence-electron chi connectivity index (χ0n) is 14.4. The molecule has 1 aromatic heterocycles. The minimum atomic E-state index is -0.289. The van der Waals surface area contributed by atoms with Crippen LogP contribution in [0.5, 0.6) is 5.75 Å². The number of phenols is 1. The second kappa shape index (κ2) is 7.23. The molecule has 0 spiro atoms. The van der Waals surface area contributed by atoms with Crippen LogP contribution in [0.2, 0.25) is 0 Å². The topological polar surface area (TPSA) is 59.7 Å². The van der Waals surface area contributed by atoms with Gasteiger partial charge in [-0.05, 0) is 55.5 Å². The molecule has 0 atom stereocenters. The van der Waals surface area contributed by atoms with Gasteiger partial charge in [-0.1, -0.05) is 18.2 Å². The van der Waals surface area contributed by atoms with Crippen molar-refractivity contribution >= 4 is 28.7 Å². The molecule has 0 unspecified atom stereocenters. The second-order valence-electron chi connectivity index (χ2n) is 6.03. The van der Waals surface area contributed by atoms with Crippen LogP contribution in [0, 0.1) is 0 Å². The van der Waals surface area contributed by atoms with Gasteiger partial charge in [-0.3, -0.25) is 4.79 Å². The number of benzene rings is 2. The number of ether oxygens (including phenoxy) is 1. The average molecular weight is 356 g/mol. The zero-order valence-corrected chi connectivity index (χ0v) is 15.2. The molecular weight excluding hydrogens is 336 g/mol. The number of hydrogen-bond donors (Lipinski definition) is 1. The van der Waals surface area contributed by atoms with Crippen LogP contribution in [0.1, 0.15) is 19.6 Å². The monoisotopic (exact) mass is 356 g/mol. The molecule has 0 aliphatic heterocycles. The van der Waals surface area contributed by atoms with Gasteiger partial charge in [0.1, 0.15) is 23.5 Å². The summed E-state index contributed by atoms with van der Waals surface area (Å²) in [5.41, 5.74) is 2.79. The summed E-state index contributed by atoms with van der Waals surface area (Å²) in [6, 6.07) is 13.0. The third kappa shape index (κ3) is 3.82. The van der Waals surface area contributed by atoms with E-state index in [0.717, 1.165) is 27.0 Å². The highest BCUT2D eigenvalue weighted by Crippen LogP contribution is 2.36. The summed E-state index contributed by atoms with van der Waals surface area (Å²) in [6.45, 7) is 3.66. The van der Waals surface area contributed by atoms with E-state index in [-0.39, 0.29) is 24.2 Å². The van der Waals surface area contributed by atoms with Gasteiger partial charge in [0, 0.05) is 5.39 Å². The number of furan rings is 1. The highest BCUT2D eigenvalue weighted by molar-refractivity contribution is 7.98. The van der Waals surface area contributed by atoms with Gasteiger partial charge >= 0.3 is 5.97 Å². The molecule has 0 saturated heterocycles. The van der Waals surface area contributed by atoms with E-state index in [1.54, 1.807) is 23.9 Å². The predicted octanol–water partition coefficient (Wildman–Crippen LogP) is 5.02. The lowest BCUT2D eigenvalue weighted by molar-refractivity contribution is -0.146. The van der Waals surface area contributed by atoms with E-state index in [0.29, 0.717) is 5.76 Å². The van der Waals surface area contributed by atoms with E-state index < -0.39 is 0 Å². The molecular formula is C20H20O4S. The Bertz CT molecular complexity index is 894. The molecule has 3 rings (SSSR count). The molecule has 0 fully saturated rings. The molecule has 0 radical (unpaired) electrons. The second-order valence-corrected chi connectivity index (χ2v) is 6.85. The Morgan fingerprint density at radius 1 is 1.16 bits per heavy atom. The Balaban J connectivity index is 1.98. The molecule has 0 amide bonds. The van der Waals surface area contributed by atoms with Gasteiger partial charge in [0.15, 0.2) is 0 Å². The first-order valence-electron chi connectivity index (χ1n) is 8.06. The first-order chi connectivity index (χ1) is 12.0. The summed E-state index contributed by atoms with van der Waals surface area (Å²) in [4.78, 5) is 12.9. The number of phenolic OH excluding ortho intramolecular Hbond substituents is 1. The van der Waals surface area contributed by atoms with Crippen LogP contribution in [0.25, 0.3) is 22.1 Å². The third-order valence-corrected chi connectivity index (χ3v) is 4.64. The van der Waals surface area contributed by atoms with E-state index in [9.17, 15) is 9.90 Å². The smallest absolute Gasteiger partial charge is 0.313 e. The fourth-order valence-electron chi connectivity index (χ4n) is 2.73. The number of carbonyl (C=O) groups is 1. The first kappa shape index (κ1) is 17.4. The third-order valence-electron chi connectivity index (χ3n) is 3.79. The maximum Gasteiger partial charge on any atom is 0.313 e. The Kier molecular flexibility index (Phi) is 5.04. The van der Waals surface area contributed by atoms with Crippen molar-refractivity contribution in [1.29, 1.82) is 0 Å². The van der Waals surface area contributed by atoms with Crippen LogP contribution in [0.15, 0.2) is 51.8 Å². The highest BCUT2D eigenvalue weighted by Gasteiger charge is 2.18. The van der Waals surface area contributed by atoms with Crippen LogP contribution >= 0.6 is 11.8 Å². The number of thioether (sulfide) groups is 1. The van der Waals surface area contributed by atoms with Crippen LogP contribution in [0.4, 0.5) is 0 Å². The summed E-state index contributed by atoms with van der Waals surface area (Å²) >= 11 is 1.56. The van der Waals surface area contributed by atoms with Gasteiger partial charge in [-0.2, -0.15) is 0 Å². The lowest BCUT2D eigenvalue weighted by atomic mass is 10.0. The van der Waals surface area contributed by atoms with Crippen molar-refractivity contribution < 1.29 is 19.1 Å². The Labute approximate surface area is 150 Å². The van der Waals surface area contributed by atoms with Gasteiger partial charge in [0.25, 0.3) is 0 Å². The summed E-state index contributed by atoms with van der Waals surface area (Å²) in [7, 11) is 0. The molecule has 0 bridgehead atoms. The normalized spacial score (nSPS) is 11.2. The van der Waals surface area contributed by atoms with Gasteiger partial charge in [-0.15, -0.1) is 11.8 Å². The van der Waals surface area contributed by atoms with Gasteiger partial charge in [-0.25, -0.2) is 0 Å². The molecule has 0 saturated carbocycles. The molecule has 1 heterocycles. The van der Waals surface area contributed by atoms with E-state index in [2.05, 4.69) is 0 Å². The summed E-state index contributed by atoms with van der Waals surface area (Å²) in [6.07, 6.45) is 1.95. The summed E-state index contributed by atoms with van der Waals surface area (Å²) in [5.74, 6) is 0.586. The van der Waals surface area contributed by atoms with Crippen molar-refractivity contribution in [3.8, 4) is 16.9 Å². The molecule has 25 heavy (non-hydrogen) atoms. The predicted molar refractivity (Wildman–Crippen MR) is 100 cm³/mol. The van der Waals surface area contributed by atoms with E-state index in [1.807, 2.05) is 50.4 Å². The highest BCUT2D eigenvalue weighted by atomic mass is 32.2. The van der Waals surface area contributed by atoms with Crippen molar-refractivity contribution in [2.75, 3.05) is 6.26 Å². The molecule has 130 valence electrons. The quantitative estimate of drug-likeness (QED) is 0.514. The molecule has 0 aliphatic rings. The zero-order chi connectivity index (χ0) is 18.0. The first-order valence-corrected chi connectivity index (χ1v) is 9.28. The number of aromatic hydroxyl groups is 1. The summed E-state index contributed by atoms with van der Waals surface area (Å²) < 4.78 is 11.1. The molecule has 2 aromatic carbocycles. The Hall–Kier alpha value is -2.40. The molecule has 3 aromatic rings. The Morgan fingerprint density at radius 2 is 1.84 bits per heavy atom. The van der Waals surface area contributed by atoms with Crippen LogP contribution < -0.4 is 0 Å². The van der Waals surface area contributed by atoms with Crippen molar-refractivity contribution in [1.82, 2.24) is 0 Å².